The summed E-state index contributed by atoms with van der Waals surface area (Å²) in [5.41, 5.74) is 5.75. The van der Waals surface area contributed by atoms with E-state index in [0.29, 0.717) is 0 Å². The molecule has 116 valence electrons. The summed E-state index contributed by atoms with van der Waals surface area (Å²) in [6, 6.07) is 19.9. The van der Waals surface area contributed by atoms with E-state index in [1.165, 1.54) is 22.5 Å². The number of benzene rings is 2. The van der Waals surface area contributed by atoms with Gasteiger partial charge in [0.05, 0.1) is 0 Å². The van der Waals surface area contributed by atoms with Gasteiger partial charge in [-0.15, -0.1) is 0 Å². The van der Waals surface area contributed by atoms with Gasteiger partial charge in [0.15, 0.2) is 5.52 Å². The molecule has 24 heavy (non-hydrogen) atoms. The maximum atomic E-state index is 13.5. The van der Waals surface area contributed by atoms with E-state index in [1.54, 1.807) is 6.07 Å². The highest BCUT2D eigenvalue weighted by atomic mass is 19.1. The van der Waals surface area contributed by atoms with Crippen LogP contribution in [0.5, 0.6) is 0 Å². The minimum Gasteiger partial charge on any atom is -0.207 e. The van der Waals surface area contributed by atoms with Crippen molar-refractivity contribution in [1.82, 2.24) is 4.40 Å². The summed E-state index contributed by atoms with van der Waals surface area (Å²) in [4.78, 5) is 0. The molecule has 3 heterocycles. The number of pyridine rings is 2. The van der Waals surface area contributed by atoms with Gasteiger partial charge in [0.1, 0.15) is 23.0 Å². The molecule has 0 atom stereocenters. The van der Waals surface area contributed by atoms with Gasteiger partial charge in [0, 0.05) is 16.8 Å². The monoisotopic (exact) mass is 315 g/mol. The third kappa shape index (κ3) is 1.78. The third-order valence-electron chi connectivity index (χ3n) is 4.83. The smallest absolute Gasteiger partial charge is 0.207 e. The lowest BCUT2D eigenvalue weighted by Gasteiger charge is -2.01. The second-order valence-electron chi connectivity index (χ2n) is 6.23. The predicted molar refractivity (Wildman–Crippen MR) is 94.9 cm³/mol. The van der Waals surface area contributed by atoms with Crippen LogP contribution >= 0.6 is 0 Å². The molecule has 0 amide bonds. The SMILES string of the molecule is CCc1ccc2c(ccc3c[n+]4c5ccc(F)cc5ccc4n32)c1. The second-order valence-corrected chi connectivity index (χ2v) is 6.23. The van der Waals surface area contributed by atoms with Crippen LogP contribution in [-0.4, -0.2) is 4.40 Å². The van der Waals surface area contributed by atoms with Gasteiger partial charge in [-0.2, -0.15) is 8.80 Å². The van der Waals surface area contributed by atoms with Crippen molar-refractivity contribution < 1.29 is 8.79 Å². The van der Waals surface area contributed by atoms with Crippen LogP contribution in [0.1, 0.15) is 12.5 Å². The topological polar surface area (TPSA) is 8.51 Å². The summed E-state index contributed by atoms with van der Waals surface area (Å²) in [5, 5.41) is 2.14. The van der Waals surface area contributed by atoms with Crippen molar-refractivity contribution in [2.75, 3.05) is 0 Å². The van der Waals surface area contributed by atoms with Crippen LogP contribution in [0.15, 0.2) is 66.9 Å². The molecule has 0 radical (unpaired) electrons. The zero-order chi connectivity index (χ0) is 16.3. The lowest BCUT2D eigenvalue weighted by atomic mass is 10.1. The van der Waals surface area contributed by atoms with Crippen molar-refractivity contribution in [1.29, 1.82) is 0 Å². The molecule has 0 saturated heterocycles. The van der Waals surface area contributed by atoms with Crippen LogP contribution in [0.25, 0.3) is 33.0 Å². The molecule has 0 bridgehead atoms. The van der Waals surface area contributed by atoms with Crippen LogP contribution in [0.3, 0.4) is 0 Å². The van der Waals surface area contributed by atoms with Crippen LogP contribution in [0.4, 0.5) is 4.39 Å². The number of imidazole rings is 1. The summed E-state index contributed by atoms with van der Waals surface area (Å²) < 4.78 is 17.9. The Kier molecular flexibility index (Phi) is 2.69. The Labute approximate surface area is 138 Å². The number of nitrogens with zero attached hydrogens (tertiary/aromatic N) is 2. The Hall–Kier alpha value is -2.94. The average molecular weight is 315 g/mol. The van der Waals surface area contributed by atoms with Gasteiger partial charge >= 0.3 is 0 Å². The largest absolute Gasteiger partial charge is 0.292 e. The van der Waals surface area contributed by atoms with Crippen molar-refractivity contribution >= 4 is 33.0 Å². The van der Waals surface area contributed by atoms with Crippen molar-refractivity contribution in [2.45, 2.75) is 13.3 Å². The summed E-state index contributed by atoms with van der Waals surface area (Å²) in [7, 11) is 0. The highest BCUT2D eigenvalue weighted by Gasteiger charge is 2.16. The number of aryl methyl sites for hydroxylation is 1. The lowest BCUT2D eigenvalue weighted by molar-refractivity contribution is -0.479. The van der Waals surface area contributed by atoms with E-state index in [0.717, 1.165) is 28.5 Å². The van der Waals surface area contributed by atoms with Crippen molar-refractivity contribution in [2.24, 2.45) is 0 Å². The minimum atomic E-state index is -0.205. The Morgan fingerprint density at radius 1 is 0.917 bits per heavy atom. The molecule has 0 N–H and O–H groups in total. The molecule has 0 fully saturated rings. The van der Waals surface area contributed by atoms with Crippen LogP contribution < -0.4 is 4.40 Å². The highest BCUT2D eigenvalue weighted by molar-refractivity contribution is 5.86. The molecule has 0 aliphatic rings. The van der Waals surface area contributed by atoms with Crippen molar-refractivity contribution in [3.8, 4) is 0 Å². The normalized spacial score (nSPS) is 11.9. The molecule has 3 aromatic heterocycles. The third-order valence-corrected chi connectivity index (χ3v) is 4.83. The minimum absolute atomic E-state index is 0.205. The number of fused-ring (bicyclic) bond motifs is 7. The molecule has 0 aliphatic heterocycles. The molecule has 2 nitrogen and oxygen atoms in total. The first-order chi connectivity index (χ1) is 11.7. The van der Waals surface area contributed by atoms with E-state index in [4.69, 9.17) is 0 Å². The van der Waals surface area contributed by atoms with Gasteiger partial charge in [-0.3, -0.25) is 0 Å². The van der Waals surface area contributed by atoms with Crippen LogP contribution in [0, 0.1) is 5.82 Å². The first-order valence-corrected chi connectivity index (χ1v) is 8.21. The number of rotatable bonds is 1. The first-order valence-electron chi connectivity index (χ1n) is 8.21. The molecule has 3 heteroatoms. The van der Waals surface area contributed by atoms with Gasteiger partial charge in [0.2, 0.25) is 0 Å². The van der Waals surface area contributed by atoms with Crippen LogP contribution in [0.2, 0.25) is 0 Å². The second kappa shape index (κ2) is 4.78. The average Bonchev–Trinajstić information content (AvgIpc) is 3.00. The molecule has 0 saturated carbocycles. The van der Waals surface area contributed by atoms with Gasteiger partial charge in [0.25, 0.3) is 5.65 Å². The fraction of sp³-hybridized carbons (Fsp3) is 0.0952. The molecule has 5 aromatic rings. The van der Waals surface area contributed by atoms with E-state index in [2.05, 4.69) is 58.3 Å². The molecule has 0 unspecified atom stereocenters. The maximum Gasteiger partial charge on any atom is 0.292 e. The zero-order valence-electron chi connectivity index (χ0n) is 13.3. The van der Waals surface area contributed by atoms with E-state index in [-0.39, 0.29) is 5.82 Å². The van der Waals surface area contributed by atoms with E-state index >= 15 is 0 Å². The summed E-state index contributed by atoms with van der Waals surface area (Å²) in [5.74, 6) is -0.205. The van der Waals surface area contributed by atoms with Gasteiger partial charge < -0.3 is 0 Å². The summed E-state index contributed by atoms with van der Waals surface area (Å²) >= 11 is 0. The Morgan fingerprint density at radius 2 is 1.79 bits per heavy atom. The molecule has 2 aromatic carbocycles. The quantitative estimate of drug-likeness (QED) is 0.397. The van der Waals surface area contributed by atoms with Crippen molar-refractivity contribution in [3.05, 3.63) is 78.2 Å². The molecular formula is C21H16FN2+. The van der Waals surface area contributed by atoms with E-state index < -0.39 is 0 Å². The van der Waals surface area contributed by atoms with E-state index in [1.807, 2.05) is 12.1 Å². The Bertz CT molecular complexity index is 1250. The summed E-state index contributed by atoms with van der Waals surface area (Å²) in [6.45, 7) is 2.17. The molecule has 0 aliphatic carbocycles. The number of aromatic nitrogens is 2. The van der Waals surface area contributed by atoms with Gasteiger partial charge in [-0.25, -0.2) is 4.39 Å². The molecular weight excluding hydrogens is 299 g/mol. The zero-order valence-corrected chi connectivity index (χ0v) is 13.3. The van der Waals surface area contributed by atoms with Gasteiger partial charge in [-0.1, -0.05) is 13.0 Å². The fourth-order valence-corrected chi connectivity index (χ4v) is 3.60. The maximum absolute atomic E-state index is 13.5. The Morgan fingerprint density at radius 3 is 2.67 bits per heavy atom. The predicted octanol–water partition coefficient (Wildman–Crippen LogP) is 4.69. The highest BCUT2D eigenvalue weighted by Crippen LogP contribution is 2.22. The number of hydrogen-bond acceptors (Lipinski definition) is 0. The standard InChI is InChI=1S/C21H16FN2/c1-2-14-3-8-20-15(11-14)4-7-18-13-23-19-9-6-17(22)12-16(19)5-10-21(23)24(18)20/h3-13H,2H2,1H3/q+1. The fourth-order valence-electron chi connectivity index (χ4n) is 3.60. The lowest BCUT2D eigenvalue weighted by Crippen LogP contribution is -2.19. The molecule has 5 rings (SSSR count). The van der Waals surface area contributed by atoms with E-state index in [9.17, 15) is 4.39 Å². The Balaban J connectivity index is 1.97. The summed E-state index contributed by atoms with van der Waals surface area (Å²) in [6.07, 6.45) is 3.15. The van der Waals surface area contributed by atoms with Crippen molar-refractivity contribution in [3.63, 3.8) is 0 Å². The van der Waals surface area contributed by atoms with Gasteiger partial charge in [-0.05, 0) is 60.5 Å². The number of halogens is 1. The van der Waals surface area contributed by atoms with Crippen LogP contribution in [-0.2, 0) is 6.42 Å². The first kappa shape index (κ1) is 13.5. The number of hydrogen-bond donors (Lipinski definition) is 0. The molecule has 0 spiro atoms.